The first kappa shape index (κ1) is 15.0. The average Bonchev–Trinajstić information content (AvgIpc) is 2.70. The number of piperidine rings is 1. The molecule has 2 bridgehead atoms. The summed E-state index contributed by atoms with van der Waals surface area (Å²) in [4.78, 5) is 11.1. The van der Waals surface area contributed by atoms with Gasteiger partial charge >= 0.3 is 0 Å². The number of aromatic nitrogens is 2. The van der Waals surface area contributed by atoms with Crippen molar-refractivity contribution in [3.63, 3.8) is 0 Å². The van der Waals surface area contributed by atoms with E-state index in [4.69, 9.17) is 11.6 Å². The first-order valence-electron chi connectivity index (χ1n) is 8.14. The Morgan fingerprint density at radius 3 is 2.67 bits per heavy atom. The Kier molecular flexibility index (Phi) is 4.65. The first-order chi connectivity index (χ1) is 10.2. The minimum atomic E-state index is 0.595. The molecule has 2 unspecified atom stereocenters. The molecule has 0 saturated carbocycles. The molecule has 1 aromatic rings. The molecule has 0 amide bonds. The van der Waals surface area contributed by atoms with E-state index in [0.717, 1.165) is 48.8 Å². The van der Waals surface area contributed by atoms with Crippen LogP contribution in [-0.4, -0.2) is 40.5 Å². The molecule has 1 N–H and O–H groups in total. The van der Waals surface area contributed by atoms with E-state index in [2.05, 4.69) is 34.2 Å². The largest absolute Gasteiger partial charge is 0.369 e. The summed E-state index contributed by atoms with van der Waals surface area (Å²) in [5, 5.41) is 4.13. The molecule has 0 aliphatic carbocycles. The van der Waals surface area contributed by atoms with E-state index in [-0.39, 0.29) is 0 Å². The molecule has 3 rings (SSSR count). The van der Waals surface area contributed by atoms with Crippen LogP contribution in [-0.2, 0) is 6.42 Å². The zero-order valence-electron chi connectivity index (χ0n) is 13.0. The van der Waals surface area contributed by atoms with Crippen molar-refractivity contribution in [3.05, 3.63) is 17.0 Å². The summed E-state index contributed by atoms with van der Waals surface area (Å²) in [6.45, 7) is 3.16. The number of hydrogen-bond donors (Lipinski definition) is 1. The van der Waals surface area contributed by atoms with E-state index >= 15 is 0 Å². The van der Waals surface area contributed by atoms with Crippen molar-refractivity contribution in [3.8, 4) is 0 Å². The molecule has 5 heteroatoms. The van der Waals surface area contributed by atoms with Gasteiger partial charge < -0.3 is 10.2 Å². The van der Waals surface area contributed by atoms with Crippen molar-refractivity contribution in [1.82, 2.24) is 14.9 Å². The summed E-state index contributed by atoms with van der Waals surface area (Å²) in [7, 11) is 2.29. The molecule has 4 nitrogen and oxygen atoms in total. The van der Waals surface area contributed by atoms with Crippen LogP contribution in [0.5, 0.6) is 0 Å². The van der Waals surface area contributed by atoms with Gasteiger partial charge in [0, 0.05) is 24.2 Å². The van der Waals surface area contributed by atoms with Gasteiger partial charge in [-0.05, 0) is 45.1 Å². The molecule has 116 valence electrons. The molecule has 21 heavy (non-hydrogen) atoms. The fraction of sp³-hybridized carbons (Fsp3) is 0.750. The van der Waals surface area contributed by atoms with Crippen molar-refractivity contribution in [2.45, 2.75) is 57.5 Å². The lowest BCUT2D eigenvalue weighted by molar-refractivity contribution is 0.139. The molecule has 0 spiro atoms. The predicted octanol–water partition coefficient (Wildman–Crippen LogP) is 3.37. The van der Waals surface area contributed by atoms with Gasteiger partial charge in [-0.15, -0.1) is 0 Å². The average molecular weight is 309 g/mol. The van der Waals surface area contributed by atoms with Crippen molar-refractivity contribution in [1.29, 1.82) is 0 Å². The molecule has 3 heterocycles. The number of rotatable bonds is 5. The number of nitrogens with one attached hydrogen (secondary N) is 1. The monoisotopic (exact) mass is 308 g/mol. The van der Waals surface area contributed by atoms with E-state index in [1.807, 2.05) is 0 Å². The Balaban J connectivity index is 1.62. The van der Waals surface area contributed by atoms with Crippen LogP contribution in [0.25, 0.3) is 0 Å². The Bertz CT molecular complexity index is 479. The molecule has 0 aromatic carbocycles. The smallest absolute Gasteiger partial charge is 0.137 e. The summed E-state index contributed by atoms with van der Waals surface area (Å²) in [6, 6.07) is 1.58. The molecule has 0 radical (unpaired) electrons. The summed E-state index contributed by atoms with van der Waals surface area (Å²) < 4.78 is 0. The van der Waals surface area contributed by atoms with Crippen LogP contribution in [0.3, 0.4) is 0 Å². The number of nitrogens with zero attached hydrogens (tertiary/aromatic N) is 3. The number of fused-ring (bicyclic) bond motifs is 2. The molecule has 2 aliphatic rings. The van der Waals surface area contributed by atoms with Crippen molar-refractivity contribution >= 4 is 17.4 Å². The van der Waals surface area contributed by atoms with E-state index in [0.29, 0.717) is 5.15 Å². The van der Waals surface area contributed by atoms with Crippen LogP contribution >= 0.6 is 11.6 Å². The van der Waals surface area contributed by atoms with Gasteiger partial charge in [-0.3, -0.25) is 0 Å². The van der Waals surface area contributed by atoms with E-state index < -0.39 is 0 Å². The summed E-state index contributed by atoms with van der Waals surface area (Å²) in [6.07, 6.45) is 8.91. The fourth-order valence-corrected chi connectivity index (χ4v) is 4.17. The van der Waals surface area contributed by atoms with Gasteiger partial charge in [0.25, 0.3) is 0 Å². The highest BCUT2D eigenvalue weighted by atomic mass is 35.5. The SMILES string of the molecule is CCCc1c(Cl)ncnc1NCC1CC2CCC(C1)N2C. The lowest BCUT2D eigenvalue weighted by Gasteiger charge is -2.36. The molecular weight excluding hydrogens is 284 g/mol. The third-order valence-corrected chi connectivity index (χ3v) is 5.47. The summed E-state index contributed by atoms with van der Waals surface area (Å²) in [5.41, 5.74) is 1.07. The highest BCUT2D eigenvalue weighted by Crippen LogP contribution is 2.37. The zero-order valence-corrected chi connectivity index (χ0v) is 13.7. The van der Waals surface area contributed by atoms with Crippen LogP contribution in [0, 0.1) is 5.92 Å². The van der Waals surface area contributed by atoms with E-state index in [1.54, 1.807) is 6.33 Å². The van der Waals surface area contributed by atoms with Gasteiger partial charge in [-0.2, -0.15) is 0 Å². The Hall–Kier alpha value is -0.870. The van der Waals surface area contributed by atoms with Gasteiger partial charge in [0.05, 0.1) is 0 Å². The lowest BCUT2D eigenvalue weighted by Crippen LogP contribution is -2.41. The zero-order chi connectivity index (χ0) is 14.8. The van der Waals surface area contributed by atoms with Gasteiger partial charge in [0.1, 0.15) is 17.3 Å². The summed E-state index contributed by atoms with van der Waals surface area (Å²) in [5.74, 6) is 1.69. The van der Waals surface area contributed by atoms with Gasteiger partial charge in [0.15, 0.2) is 0 Å². The highest BCUT2D eigenvalue weighted by Gasteiger charge is 2.38. The molecule has 2 saturated heterocycles. The molecular formula is C16H25ClN4. The maximum absolute atomic E-state index is 6.21. The molecule has 2 fully saturated rings. The second-order valence-electron chi connectivity index (χ2n) is 6.51. The lowest BCUT2D eigenvalue weighted by atomic mass is 9.91. The Labute approximate surface area is 132 Å². The van der Waals surface area contributed by atoms with Crippen LogP contribution < -0.4 is 5.32 Å². The van der Waals surface area contributed by atoms with Crippen LogP contribution in [0.15, 0.2) is 6.33 Å². The molecule has 1 aromatic heterocycles. The summed E-state index contributed by atoms with van der Waals surface area (Å²) >= 11 is 6.21. The first-order valence-corrected chi connectivity index (χ1v) is 8.52. The minimum Gasteiger partial charge on any atom is -0.369 e. The third kappa shape index (κ3) is 3.16. The topological polar surface area (TPSA) is 41.1 Å². The van der Waals surface area contributed by atoms with Crippen molar-refractivity contribution in [2.24, 2.45) is 5.92 Å². The van der Waals surface area contributed by atoms with E-state index in [1.165, 1.54) is 25.7 Å². The Morgan fingerprint density at radius 2 is 2.00 bits per heavy atom. The predicted molar refractivity (Wildman–Crippen MR) is 86.8 cm³/mol. The van der Waals surface area contributed by atoms with Gasteiger partial charge in [-0.1, -0.05) is 24.9 Å². The standard InChI is InChI=1S/C16H25ClN4/c1-3-4-14-15(17)19-10-20-16(14)18-9-11-7-12-5-6-13(8-11)21(12)2/h10-13H,3-9H2,1-2H3,(H,18,19,20). The van der Waals surface area contributed by atoms with Crippen LogP contribution in [0.2, 0.25) is 5.15 Å². The number of anilines is 1. The van der Waals surface area contributed by atoms with Crippen LogP contribution in [0.1, 0.15) is 44.6 Å². The Morgan fingerprint density at radius 1 is 1.29 bits per heavy atom. The fourth-order valence-electron chi connectivity index (χ4n) is 3.95. The normalized spacial score (nSPS) is 28.8. The second kappa shape index (κ2) is 6.49. The third-order valence-electron chi connectivity index (χ3n) is 5.15. The van der Waals surface area contributed by atoms with Crippen molar-refractivity contribution in [2.75, 3.05) is 18.9 Å². The van der Waals surface area contributed by atoms with E-state index in [9.17, 15) is 0 Å². The molecule has 2 atom stereocenters. The maximum Gasteiger partial charge on any atom is 0.137 e. The number of halogens is 1. The second-order valence-corrected chi connectivity index (χ2v) is 6.87. The maximum atomic E-state index is 6.21. The van der Waals surface area contributed by atoms with Gasteiger partial charge in [-0.25, -0.2) is 9.97 Å². The molecule has 2 aliphatic heterocycles. The van der Waals surface area contributed by atoms with Crippen LogP contribution in [0.4, 0.5) is 5.82 Å². The van der Waals surface area contributed by atoms with Gasteiger partial charge in [0.2, 0.25) is 0 Å². The van der Waals surface area contributed by atoms with Crippen molar-refractivity contribution < 1.29 is 0 Å². The quantitative estimate of drug-likeness (QED) is 0.847. The minimum absolute atomic E-state index is 0.595. The number of hydrogen-bond acceptors (Lipinski definition) is 4. The highest BCUT2D eigenvalue weighted by molar-refractivity contribution is 6.30.